The highest BCUT2D eigenvalue weighted by Crippen LogP contribution is 2.15. The summed E-state index contributed by atoms with van der Waals surface area (Å²) in [6.07, 6.45) is 1.98. The van der Waals surface area contributed by atoms with Crippen molar-refractivity contribution in [1.29, 1.82) is 0 Å². The zero-order chi connectivity index (χ0) is 9.97. The number of rotatable bonds is 2. The molecule has 74 valence electrons. The topological polar surface area (TPSA) is 29.1 Å². The third-order valence-corrected chi connectivity index (χ3v) is 2.51. The molecule has 2 rings (SSSR count). The van der Waals surface area contributed by atoms with Crippen LogP contribution in [0.4, 0.5) is 4.39 Å². The van der Waals surface area contributed by atoms with Gasteiger partial charge in [0, 0.05) is 12.5 Å². The lowest BCUT2D eigenvalue weighted by Gasteiger charge is -2.09. The Morgan fingerprint density at radius 1 is 1.43 bits per heavy atom. The lowest BCUT2D eigenvalue weighted by molar-refractivity contribution is -0.119. The van der Waals surface area contributed by atoms with Crippen molar-refractivity contribution in [1.82, 2.24) is 5.32 Å². The van der Waals surface area contributed by atoms with Crippen LogP contribution in [0, 0.1) is 5.82 Å². The number of amides is 1. The van der Waals surface area contributed by atoms with E-state index in [2.05, 4.69) is 5.32 Å². The Morgan fingerprint density at radius 3 is 2.86 bits per heavy atom. The van der Waals surface area contributed by atoms with E-state index in [1.807, 2.05) is 6.07 Å². The van der Waals surface area contributed by atoms with Crippen molar-refractivity contribution < 1.29 is 9.18 Å². The second-order valence-corrected chi connectivity index (χ2v) is 3.60. The van der Waals surface area contributed by atoms with Gasteiger partial charge in [-0.1, -0.05) is 18.2 Å². The molecule has 1 N–H and O–H groups in total. The van der Waals surface area contributed by atoms with Crippen LogP contribution in [0.15, 0.2) is 24.3 Å². The molecule has 0 bridgehead atoms. The van der Waals surface area contributed by atoms with E-state index in [0.717, 1.165) is 6.42 Å². The number of carbonyl (C=O) groups is 1. The predicted octanol–water partition coefficient (Wildman–Crippen LogP) is 1.65. The Kier molecular flexibility index (Phi) is 2.48. The predicted molar refractivity (Wildman–Crippen MR) is 51.3 cm³/mol. The summed E-state index contributed by atoms with van der Waals surface area (Å²) in [6.45, 7) is 0. The van der Waals surface area contributed by atoms with Gasteiger partial charge in [-0.05, 0) is 24.5 Å². The number of hydrogen-bond acceptors (Lipinski definition) is 1. The van der Waals surface area contributed by atoms with Gasteiger partial charge in [0.2, 0.25) is 5.91 Å². The number of hydrogen-bond donors (Lipinski definition) is 1. The molecule has 1 fully saturated rings. The number of nitrogens with one attached hydrogen (secondary N) is 1. The van der Waals surface area contributed by atoms with Crippen LogP contribution in [-0.4, -0.2) is 11.9 Å². The van der Waals surface area contributed by atoms with E-state index in [4.69, 9.17) is 0 Å². The van der Waals surface area contributed by atoms with Gasteiger partial charge in [-0.3, -0.25) is 4.79 Å². The minimum atomic E-state index is -0.186. The summed E-state index contributed by atoms with van der Waals surface area (Å²) in [5.74, 6) is -0.111. The second-order valence-electron chi connectivity index (χ2n) is 3.60. The largest absolute Gasteiger partial charge is 0.353 e. The van der Waals surface area contributed by atoms with E-state index in [1.54, 1.807) is 12.1 Å². The Morgan fingerprint density at radius 2 is 2.21 bits per heavy atom. The summed E-state index contributed by atoms with van der Waals surface area (Å²) >= 11 is 0. The maximum absolute atomic E-state index is 13.2. The number of halogens is 1. The van der Waals surface area contributed by atoms with Crippen LogP contribution >= 0.6 is 0 Å². The van der Waals surface area contributed by atoms with Gasteiger partial charge in [-0.15, -0.1) is 0 Å². The number of carbonyl (C=O) groups excluding carboxylic acids is 1. The summed E-state index contributed by atoms with van der Waals surface area (Å²) in [6, 6.07) is 6.81. The Hall–Kier alpha value is -1.38. The van der Waals surface area contributed by atoms with Crippen LogP contribution in [0.5, 0.6) is 0 Å². The molecule has 0 radical (unpaired) electrons. The fraction of sp³-hybridized carbons (Fsp3) is 0.364. The molecule has 0 spiro atoms. The van der Waals surface area contributed by atoms with Crippen molar-refractivity contribution in [3.8, 4) is 0 Å². The highest BCUT2D eigenvalue weighted by atomic mass is 19.1. The highest BCUT2D eigenvalue weighted by molar-refractivity contribution is 5.78. The van der Waals surface area contributed by atoms with Crippen LogP contribution in [-0.2, 0) is 11.2 Å². The molecule has 0 aliphatic carbocycles. The Bertz CT molecular complexity index is 351. The van der Waals surface area contributed by atoms with Crippen molar-refractivity contribution in [2.45, 2.75) is 25.3 Å². The zero-order valence-corrected chi connectivity index (χ0v) is 7.79. The highest BCUT2D eigenvalue weighted by Gasteiger charge is 2.21. The van der Waals surface area contributed by atoms with Crippen molar-refractivity contribution in [2.75, 3.05) is 0 Å². The van der Waals surface area contributed by atoms with Crippen LogP contribution < -0.4 is 5.32 Å². The quantitative estimate of drug-likeness (QED) is 0.760. The maximum atomic E-state index is 13.2. The summed E-state index contributed by atoms with van der Waals surface area (Å²) in [5, 5.41) is 2.82. The average molecular weight is 193 g/mol. The molecule has 1 heterocycles. The van der Waals surface area contributed by atoms with Gasteiger partial charge in [0.15, 0.2) is 0 Å². The van der Waals surface area contributed by atoms with Crippen LogP contribution in [0.1, 0.15) is 18.4 Å². The molecule has 14 heavy (non-hydrogen) atoms. The summed E-state index contributed by atoms with van der Waals surface area (Å²) in [5.41, 5.74) is 0.680. The lowest BCUT2D eigenvalue weighted by atomic mass is 10.0. The van der Waals surface area contributed by atoms with Gasteiger partial charge in [0.1, 0.15) is 5.82 Å². The molecule has 1 atom stereocenters. The van der Waals surface area contributed by atoms with Crippen LogP contribution in [0.25, 0.3) is 0 Å². The Labute approximate surface area is 82.1 Å². The van der Waals surface area contributed by atoms with Gasteiger partial charge < -0.3 is 5.32 Å². The molecule has 1 aliphatic heterocycles. The minimum Gasteiger partial charge on any atom is -0.353 e. The van der Waals surface area contributed by atoms with Crippen LogP contribution in [0.3, 0.4) is 0 Å². The van der Waals surface area contributed by atoms with E-state index in [0.29, 0.717) is 18.4 Å². The molecular weight excluding hydrogens is 181 g/mol. The van der Waals surface area contributed by atoms with Crippen molar-refractivity contribution >= 4 is 5.91 Å². The molecule has 1 unspecified atom stereocenters. The smallest absolute Gasteiger partial charge is 0.220 e. The zero-order valence-electron chi connectivity index (χ0n) is 7.79. The summed E-state index contributed by atoms with van der Waals surface area (Å²) in [4.78, 5) is 10.9. The normalized spacial score (nSPS) is 20.9. The third-order valence-electron chi connectivity index (χ3n) is 2.51. The van der Waals surface area contributed by atoms with Gasteiger partial charge in [0.25, 0.3) is 0 Å². The minimum absolute atomic E-state index is 0.0753. The molecule has 1 aliphatic rings. The molecule has 3 heteroatoms. The maximum Gasteiger partial charge on any atom is 0.220 e. The molecule has 1 aromatic rings. The third kappa shape index (κ3) is 1.92. The molecule has 2 nitrogen and oxygen atoms in total. The fourth-order valence-electron chi connectivity index (χ4n) is 1.76. The molecule has 1 aromatic carbocycles. The second kappa shape index (κ2) is 3.78. The van der Waals surface area contributed by atoms with E-state index < -0.39 is 0 Å². The van der Waals surface area contributed by atoms with Gasteiger partial charge in [-0.25, -0.2) is 4.39 Å². The van der Waals surface area contributed by atoms with E-state index in [-0.39, 0.29) is 17.8 Å². The van der Waals surface area contributed by atoms with Gasteiger partial charge in [-0.2, -0.15) is 0 Å². The standard InChI is InChI=1S/C11H12FNO/c12-10-4-2-1-3-8(10)7-9-5-6-11(14)13-9/h1-4,9H,5-7H2,(H,13,14). The van der Waals surface area contributed by atoms with Crippen molar-refractivity contribution in [3.05, 3.63) is 35.6 Å². The Balaban J connectivity index is 2.04. The molecular formula is C11H12FNO. The molecule has 0 saturated carbocycles. The van der Waals surface area contributed by atoms with E-state index in [9.17, 15) is 9.18 Å². The van der Waals surface area contributed by atoms with Gasteiger partial charge >= 0.3 is 0 Å². The van der Waals surface area contributed by atoms with Crippen molar-refractivity contribution in [3.63, 3.8) is 0 Å². The van der Waals surface area contributed by atoms with Crippen LogP contribution in [0.2, 0.25) is 0 Å². The first-order valence-electron chi connectivity index (χ1n) is 4.78. The SMILES string of the molecule is O=C1CCC(Cc2ccccc2F)N1. The summed E-state index contributed by atoms with van der Waals surface area (Å²) in [7, 11) is 0. The first-order chi connectivity index (χ1) is 6.75. The van der Waals surface area contributed by atoms with E-state index >= 15 is 0 Å². The first kappa shape index (κ1) is 9.19. The molecule has 1 amide bonds. The monoisotopic (exact) mass is 193 g/mol. The lowest BCUT2D eigenvalue weighted by Crippen LogP contribution is -2.27. The van der Waals surface area contributed by atoms with E-state index in [1.165, 1.54) is 6.07 Å². The van der Waals surface area contributed by atoms with Crippen molar-refractivity contribution in [2.24, 2.45) is 0 Å². The summed E-state index contributed by atoms with van der Waals surface area (Å²) < 4.78 is 13.2. The number of benzene rings is 1. The first-order valence-corrected chi connectivity index (χ1v) is 4.78. The molecule has 0 aromatic heterocycles. The fourth-order valence-corrected chi connectivity index (χ4v) is 1.76. The average Bonchev–Trinajstić information content (AvgIpc) is 2.56. The van der Waals surface area contributed by atoms with Gasteiger partial charge in [0.05, 0.1) is 0 Å². The molecule has 1 saturated heterocycles.